The zero-order valence-electron chi connectivity index (χ0n) is 21.9. The third-order valence-electron chi connectivity index (χ3n) is 7.63. The number of carbonyl (C=O) groups is 1. The Morgan fingerprint density at radius 2 is 1.62 bits per heavy atom. The zero-order valence-corrected chi connectivity index (χ0v) is 21.9. The van der Waals surface area contributed by atoms with Crippen LogP contribution in [0.25, 0.3) is 4.85 Å². The molecular weight excluding hydrogens is 536 g/mol. The molecule has 0 amide bonds. The number of alkyl halides is 6. The number of nitrogens with zero attached hydrogens (tertiary/aromatic N) is 5. The molecule has 4 rings (SSSR count). The molecule has 40 heavy (non-hydrogen) atoms. The molecular formula is C28H31F6N5O. The van der Waals surface area contributed by atoms with Gasteiger partial charge in [-0.1, -0.05) is 12.1 Å². The number of aromatic nitrogens is 2. The summed E-state index contributed by atoms with van der Waals surface area (Å²) in [5.41, 5.74) is -0.0574. The third kappa shape index (κ3) is 7.43. The lowest BCUT2D eigenvalue weighted by molar-refractivity contribution is -0.144. The van der Waals surface area contributed by atoms with Crippen molar-refractivity contribution in [3.8, 4) is 0 Å². The summed E-state index contributed by atoms with van der Waals surface area (Å²) in [6.45, 7) is 8.85. The van der Waals surface area contributed by atoms with Gasteiger partial charge in [0, 0.05) is 38.5 Å². The van der Waals surface area contributed by atoms with E-state index in [0.29, 0.717) is 63.3 Å². The van der Waals surface area contributed by atoms with Gasteiger partial charge in [0.2, 0.25) is 12.4 Å². The summed E-state index contributed by atoms with van der Waals surface area (Å²) >= 11 is 0. The van der Waals surface area contributed by atoms with Crippen molar-refractivity contribution >= 4 is 17.4 Å². The molecule has 2 aliphatic rings. The lowest BCUT2D eigenvalue weighted by atomic mass is 9.93. The highest BCUT2D eigenvalue weighted by molar-refractivity contribution is 5.87. The molecule has 216 valence electrons. The molecule has 1 atom stereocenters. The minimum absolute atomic E-state index is 0.0750. The number of ketones is 1. The normalized spacial score (nSPS) is 18.7. The molecule has 0 spiro atoms. The number of rotatable bonds is 9. The summed E-state index contributed by atoms with van der Waals surface area (Å²) in [5.74, 6) is -0.751. The molecule has 12 heteroatoms. The van der Waals surface area contributed by atoms with Crippen molar-refractivity contribution in [2.24, 2.45) is 5.92 Å². The van der Waals surface area contributed by atoms with E-state index in [0.717, 1.165) is 31.4 Å². The average Bonchev–Trinajstić information content (AvgIpc) is 3.42. The van der Waals surface area contributed by atoms with Crippen LogP contribution in [0.5, 0.6) is 0 Å². The van der Waals surface area contributed by atoms with Crippen molar-refractivity contribution in [1.29, 1.82) is 0 Å². The van der Waals surface area contributed by atoms with Gasteiger partial charge < -0.3 is 14.6 Å². The molecule has 0 unspecified atom stereocenters. The first-order valence-corrected chi connectivity index (χ1v) is 13.5. The van der Waals surface area contributed by atoms with Crippen molar-refractivity contribution in [2.75, 3.05) is 36.0 Å². The van der Waals surface area contributed by atoms with Crippen LogP contribution in [0.15, 0.2) is 30.3 Å². The SMILES string of the molecule is [C-]#[N+]CCC1CCN(c2cc(N3CCC[C@H]3C(=O)CCCc3ccc(C(F)(F)F)cc3)nc(C(F)(F)F)n2)CC1. The third-order valence-corrected chi connectivity index (χ3v) is 7.63. The Kier molecular flexibility index (Phi) is 9.21. The summed E-state index contributed by atoms with van der Waals surface area (Å²) in [4.78, 5) is 27.6. The number of halogens is 6. The summed E-state index contributed by atoms with van der Waals surface area (Å²) in [6.07, 6.45) is -4.75. The monoisotopic (exact) mass is 567 g/mol. The van der Waals surface area contributed by atoms with Crippen molar-refractivity contribution in [2.45, 2.75) is 69.8 Å². The Morgan fingerprint density at radius 3 is 2.25 bits per heavy atom. The molecule has 2 aromatic rings. The number of hydrogen-bond acceptors (Lipinski definition) is 5. The number of carbonyl (C=O) groups excluding carboxylic acids is 1. The Labute approximate surface area is 229 Å². The van der Waals surface area contributed by atoms with Crippen LogP contribution in [-0.2, 0) is 23.6 Å². The van der Waals surface area contributed by atoms with Crippen LogP contribution in [0.1, 0.15) is 61.9 Å². The van der Waals surface area contributed by atoms with E-state index in [9.17, 15) is 31.1 Å². The predicted octanol–water partition coefficient (Wildman–Crippen LogP) is 6.60. The van der Waals surface area contributed by atoms with Gasteiger partial charge in [-0.2, -0.15) is 26.3 Å². The zero-order chi connectivity index (χ0) is 28.9. The lowest BCUT2D eigenvalue weighted by Crippen LogP contribution is -2.38. The van der Waals surface area contributed by atoms with E-state index >= 15 is 0 Å². The molecule has 2 aliphatic heterocycles. The maximum Gasteiger partial charge on any atom is 0.451 e. The molecule has 0 radical (unpaired) electrons. The number of aryl methyl sites for hydroxylation is 1. The highest BCUT2D eigenvalue weighted by Crippen LogP contribution is 2.35. The second-order valence-corrected chi connectivity index (χ2v) is 10.4. The molecule has 0 bridgehead atoms. The Morgan fingerprint density at radius 1 is 0.950 bits per heavy atom. The van der Waals surface area contributed by atoms with Crippen LogP contribution in [-0.4, -0.2) is 48.0 Å². The minimum atomic E-state index is -4.75. The van der Waals surface area contributed by atoms with Crippen LogP contribution in [0.2, 0.25) is 0 Å². The van der Waals surface area contributed by atoms with Gasteiger partial charge in [-0.3, -0.25) is 4.79 Å². The summed E-state index contributed by atoms with van der Waals surface area (Å²) in [5, 5.41) is 0. The van der Waals surface area contributed by atoms with Gasteiger partial charge >= 0.3 is 12.4 Å². The topological polar surface area (TPSA) is 53.7 Å². The molecule has 2 fully saturated rings. The van der Waals surface area contributed by atoms with Crippen LogP contribution in [0, 0.1) is 12.5 Å². The van der Waals surface area contributed by atoms with Crippen molar-refractivity contribution in [3.05, 3.63) is 58.7 Å². The molecule has 6 nitrogen and oxygen atoms in total. The smallest absolute Gasteiger partial charge is 0.356 e. The van der Waals surface area contributed by atoms with Gasteiger partial charge in [-0.05, 0) is 62.1 Å². The molecule has 0 aliphatic carbocycles. The quantitative estimate of drug-likeness (QED) is 0.253. The van der Waals surface area contributed by atoms with E-state index in [1.165, 1.54) is 18.2 Å². The number of Topliss-reactive ketones (excluding diaryl/α,β-unsaturated/α-hetero) is 1. The van der Waals surface area contributed by atoms with Gasteiger partial charge in [0.25, 0.3) is 0 Å². The number of benzene rings is 1. The summed E-state index contributed by atoms with van der Waals surface area (Å²) in [7, 11) is 0. The van der Waals surface area contributed by atoms with E-state index in [-0.39, 0.29) is 23.8 Å². The first kappa shape index (κ1) is 29.6. The minimum Gasteiger partial charge on any atom is -0.356 e. The van der Waals surface area contributed by atoms with Gasteiger partial charge in [0.15, 0.2) is 5.78 Å². The van der Waals surface area contributed by atoms with E-state index < -0.39 is 29.8 Å². The maximum absolute atomic E-state index is 13.8. The number of hydrogen-bond donors (Lipinski definition) is 0. The lowest BCUT2D eigenvalue weighted by Gasteiger charge is -2.33. The van der Waals surface area contributed by atoms with E-state index in [2.05, 4.69) is 14.8 Å². The first-order chi connectivity index (χ1) is 19.0. The highest BCUT2D eigenvalue weighted by Gasteiger charge is 2.39. The second kappa shape index (κ2) is 12.4. The van der Waals surface area contributed by atoms with E-state index in [1.807, 2.05) is 4.90 Å². The fourth-order valence-electron chi connectivity index (χ4n) is 5.43. The van der Waals surface area contributed by atoms with Gasteiger partial charge in [-0.25, -0.2) is 16.5 Å². The van der Waals surface area contributed by atoms with Crippen LogP contribution < -0.4 is 9.80 Å². The van der Waals surface area contributed by atoms with Crippen molar-refractivity contribution < 1.29 is 31.1 Å². The highest BCUT2D eigenvalue weighted by atomic mass is 19.4. The maximum atomic E-state index is 13.8. The molecule has 2 saturated heterocycles. The molecule has 0 saturated carbocycles. The summed E-state index contributed by atoms with van der Waals surface area (Å²) < 4.78 is 79.6. The Hall–Kier alpha value is -3.36. The van der Waals surface area contributed by atoms with Gasteiger partial charge in [0.1, 0.15) is 11.6 Å². The molecule has 1 aromatic heterocycles. The van der Waals surface area contributed by atoms with Gasteiger partial charge in [0.05, 0.1) is 11.6 Å². The van der Waals surface area contributed by atoms with Gasteiger partial charge in [-0.15, -0.1) is 0 Å². The van der Waals surface area contributed by atoms with E-state index in [1.54, 1.807) is 4.90 Å². The molecule has 1 aromatic carbocycles. The second-order valence-electron chi connectivity index (χ2n) is 10.4. The fourth-order valence-corrected chi connectivity index (χ4v) is 5.43. The van der Waals surface area contributed by atoms with Crippen LogP contribution in [0.4, 0.5) is 38.0 Å². The average molecular weight is 568 g/mol. The number of anilines is 2. The number of piperidine rings is 1. The van der Waals surface area contributed by atoms with Crippen molar-refractivity contribution in [1.82, 2.24) is 9.97 Å². The van der Waals surface area contributed by atoms with Crippen molar-refractivity contribution in [3.63, 3.8) is 0 Å². The standard InChI is InChI=1S/C28H31F6N5O/c1-35-14-11-20-12-16-38(17-13-20)24-18-25(37-26(36-24)28(32,33)34)39-15-3-5-22(39)23(40)6-2-4-19-7-9-21(10-8-19)27(29,30)31/h7-10,18,20,22H,2-6,11-17H2/t22-/m0/s1. The molecule has 3 heterocycles. The predicted molar refractivity (Wildman–Crippen MR) is 138 cm³/mol. The largest absolute Gasteiger partial charge is 0.451 e. The van der Waals surface area contributed by atoms with Crippen LogP contribution >= 0.6 is 0 Å². The van der Waals surface area contributed by atoms with Crippen LogP contribution in [0.3, 0.4) is 0 Å². The first-order valence-electron chi connectivity index (χ1n) is 13.5. The Balaban J connectivity index is 1.43. The fraction of sp³-hybridized carbons (Fsp3) is 0.571. The van der Waals surface area contributed by atoms with E-state index in [4.69, 9.17) is 6.57 Å². The molecule has 0 N–H and O–H groups in total. The Bertz CT molecular complexity index is 1200. The summed E-state index contributed by atoms with van der Waals surface area (Å²) in [6, 6.07) is 5.72.